The molecule has 2 rings (SSSR count). The van der Waals surface area contributed by atoms with Crippen molar-refractivity contribution in [2.24, 2.45) is 0 Å². The van der Waals surface area contributed by atoms with Gasteiger partial charge in [-0.05, 0) is 18.9 Å². The number of allylic oxidation sites excluding steroid dienone is 2. The fraction of sp³-hybridized carbons (Fsp3) is 0.267. The number of hydrogen-bond acceptors (Lipinski definition) is 3. The van der Waals surface area contributed by atoms with Crippen molar-refractivity contribution in [2.75, 3.05) is 0 Å². The molecular weight excluding hydrogens is 228 g/mol. The van der Waals surface area contributed by atoms with Crippen LogP contribution < -0.4 is 0 Å². The molecule has 0 aliphatic heterocycles. The van der Waals surface area contributed by atoms with Crippen molar-refractivity contribution < 1.29 is 14.4 Å². The number of carbonyl (C=O) groups is 3. The highest BCUT2D eigenvalue weighted by Gasteiger charge is 2.32. The maximum Gasteiger partial charge on any atom is 0.233 e. The molecular formula is C15H14O3. The van der Waals surface area contributed by atoms with Crippen LogP contribution in [0.2, 0.25) is 0 Å². The summed E-state index contributed by atoms with van der Waals surface area (Å²) in [5.74, 6) is -1.15. The summed E-state index contributed by atoms with van der Waals surface area (Å²) in [7, 11) is 0. The summed E-state index contributed by atoms with van der Waals surface area (Å²) >= 11 is 0. The Morgan fingerprint density at radius 1 is 1.06 bits per heavy atom. The maximum absolute atomic E-state index is 12.1. The van der Waals surface area contributed by atoms with E-state index in [1.165, 1.54) is 0 Å². The van der Waals surface area contributed by atoms with E-state index in [0.717, 1.165) is 6.42 Å². The summed E-state index contributed by atoms with van der Waals surface area (Å²) in [5.41, 5.74) is 1.62. The number of fused-ring (bicyclic) bond motifs is 1. The average Bonchev–Trinajstić information content (AvgIpc) is 2.37. The lowest BCUT2D eigenvalue weighted by Gasteiger charge is -2.18. The fourth-order valence-electron chi connectivity index (χ4n) is 2.22. The van der Waals surface area contributed by atoms with Crippen molar-refractivity contribution in [3.05, 3.63) is 41.0 Å². The highest BCUT2D eigenvalue weighted by atomic mass is 16.2. The highest BCUT2D eigenvalue weighted by molar-refractivity contribution is 6.55. The molecule has 1 aliphatic carbocycles. The lowest BCUT2D eigenvalue weighted by molar-refractivity contribution is -0.115. The van der Waals surface area contributed by atoms with E-state index in [9.17, 15) is 14.4 Å². The van der Waals surface area contributed by atoms with Crippen LogP contribution in [0.25, 0.3) is 5.57 Å². The van der Waals surface area contributed by atoms with Crippen molar-refractivity contribution in [1.82, 2.24) is 0 Å². The number of rotatable bonds is 3. The van der Waals surface area contributed by atoms with E-state index >= 15 is 0 Å². The number of carbonyl (C=O) groups excluding carboxylic acids is 3. The van der Waals surface area contributed by atoms with E-state index in [1.54, 1.807) is 31.2 Å². The largest absolute Gasteiger partial charge is 0.294 e. The summed E-state index contributed by atoms with van der Waals surface area (Å²) in [6.45, 7) is 3.47. The zero-order chi connectivity index (χ0) is 13.3. The molecule has 0 saturated heterocycles. The molecule has 3 heteroatoms. The number of benzene rings is 1. The molecule has 3 nitrogen and oxygen atoms in total. The van der Waals surface area contributed by atoms with Crippen LogP contribution in [-0.4, -0.2) is 17.3 Å². The van der Waals surface area contributed by atoms with Crippen molar-refractivity contribution >= 4 is 22.9 Å². The van der Waals surface area contributed by atoms with E-state index in [2.05, 4.69) is 0 Å². The van der Waals surface area contributed by atoms with Crippen LogP contribution in [0, 0.1) is 0 Å². The maximum atomic E-state index is 12.1. The van der Waals surface area contributed by atoms with Gasteiger partial charge in [0.25, 0.3) is 0 Å². The summed E-state index contributed by atoms with van der Waals surface area (Å²) in [6, 6.07) is 6.80. The summed E-state index contributed by atoms with van der Waals surface area (Å²) in [6.07, 6.45) is 1.11. The Bertz CT molecular complexity index is 579. The molecule has 0 bridgehead atoms. The van der Waals surface area contributed by atoms with Gasteiger partial charge in [-0.1, -0.05) is 31.2 Å². The van der Waals surface area contributed by atoms with Crippen LogP contribution in [-0.2, 0) is 9.59 Å². The van der Waals surface area contributed by atoms with Crippen LogP contribution in [0.5, 0.6) is 0 Å². The van der Waals surface area contributed by atoms with Crippen molar-refractivity contribution in [1.29, 1.82) is 0 Å². The van der Waals surface area contributed by atoms with Crippen LogP contribution in [0.4, 0.5) is 0 Å². The zero-order valence-electron chi connectivity index (χ0n) is 10.4. The quantitative estimate of drug-likeness (QED) is 0.765. The van der Waals surface area contributed by atoms with Gasteiger partial charge in [-0.2, -0.15) is 0 Å². The standard InChI is InChI=1S/C15H14O3/c1-3-6-12(16)13-9(2)14(17)15(18)11-8-5-4-7-10(11)13/h4-5,7-8H,3,6H2,1-2H3. The first-order chi connectivity index (χ1) is 8.57. The number of hydrogen-bond donors (Lipinski definition) is 0. The highest BCUT2D eigenvalue weighted by Crippen LogP contribution is 2.30. The average molecular weight is 242 g/mol. The van der Waals surface area contributed by atoms with Gasteiger partial charge in [0.05, 0.1) is 0 Å². The molecule has 18 heavy (non-hydrogen) atoms. The monoisotopic (exact) mass is 242 g/mol. The van der Waals surface area contributed by atoms with Crippen LogP contribution in [0.3, 0.4) is 0 Å². The topological polar surface area (TPSA) is 51.2 Å². The van der Waals surface area contributed by atoms with Gasteiger partial charge in [0.2, 0.25) is 11.6 Å². The lowest BCUT2D eigenvalue weighted by Crippen LogP contribution is -2.25. The van der Waals surface area contributed by atoms with Crippen molar-refractivity contribution in [3.8, 4) is 0 Å². The van der Waals surface area contributed by atoms with Gasteiger partial charge in [0.15, 0.2) is 5.78 Å². The van der Waals surface area contributed by atoms with Crippen molar-refractivity contribution in [2.45, 2.75) is 26.7 Å². The Balaban J connectivity index is 2.65. The molecule has 0 amide bonds. The van der Waals surface area contributed by atoms with E-state index in [-0.39, 0.29) is 11.4 Å². The minimum atomic E-state index is -0.562. The Hall–Kier alpha value is -2.03. The van der Waals surface area contributed by atoms with Crippen LogP contribution >= 0.6 is 0 Å². The number of Topliss-reactive ketones (excluding diaryl/α,β-unsaturated/α-hetero) is 3. The first kappa shape index (κ1) is 12.4. The molecule has 0 saturated carbocycles. The second-order valence-electron chi connectivity index (χ2n) is 4.38. The first-order valence-electron chi connectivity index (χ1n) is 6.00. The van der Waals surface area contributed by atoms with E-state index < -0.39 is 11.6 Å². The molecule has 0 fully saturated rings. The molecule has 0 atom stereocenters. The van der Waals surface area contributed by atoms with Crippen LogP contribution in [0.1, 0.15) is 42.6 Å². The molecule has 0 spiro atoms. The van der Waals surface area contributed by atoms with Gasteiger partial charge >= 0.3 is 0 Å². The molecule has 1 aliphatic rings. The fourth-order valence-corrected chi connectivity index (χ4v) is 2.22. The second kappa shape index (κ2) is 4.69. The van der Waals surface area contributed by atoms with Gasteiger partial charge in [0, 0.05) is 23.1 Å². The SMILES string of the molecule is CCCC(=O)C1=C(C)C(=O)C(=O)c2ccccc21. The predicted octanol–water partition coefficient (Wildman–Crippen LogP) is 2.59. The Morgan fingerprint density at radius 3 is 2.28 bits per heavy atom. The zero-order valence-corrected chi connectivity index (χ0v) is 10.4. The molecule has 92 valence electrons. The smallest absolute Gasteiger partial charge is 0.233 e. The van der Waals surface area contributed by atoms with E-state index in [1.807, 2.05) is 6.92 Å². The van der Waals surface area contributed by atoms with Gasteiger partial charge < -0.3 is 0 Å². The van der Waals surface area contributed by atoms with Gasteiger partial charge in [-0.25, -0.2) is 0 Å². The van der Waals surface area contributed by atoms with E-state index in [4.69, 9.17) is 0 Å². The van der Waals surface area contributed by atoms with Gasteiger partial charge in [-0.3, -0.25) is 14.4 Å². The Labute approximate surface area is 106 Å². The third-order valence-electron chi connectivity index (χ3n) is 3.12. The number of ketones is 3. The molecule has 0 N–H and O–H groups in total. The predicted molar refractivity (Wildman–Crippen MR) is 68.3 cm³/mol. The minimum Gasteiger partial charge on any atom is -0.294 e. The third-order valence-corrected chi connectivity index (χ3v) is 3.12. The lowest BCUT2D eigenvalue weighted by atomic mass is 9.82. The molecule has 0 unspecified atom stereocenters. The molecule has 1 aromatic carbocycles. The van der Waals surface area contributed by atoms with Crippen LogP contribution in [0.15, 0.2) is 29.8 Å². The molecule has 1 aromatic rings. The Kier molecular flexibility index (Phi) is 3.24. The van der Waals surface area contributed by atoms with Gasteiger partial charge in [0.1, 0.15) is 0 Å². The minimum absolute atomic E-state index is 0.0664. The third kappa shape index (κ3) is 1.82. The molecule has 0 radical (unpaired) electrons. The van der Waals surface area contributed by atoms with E-state index in [0.29, 0.717) is 23.1 Å². The normalized spacial score (nSPS) is 14.8. The first-order valence-corrected chi connectivity index (χ1v) is 6.00. The Morgan fingerprint density at radius 2 is 1.67 bits per heavy atom. The summed E-state index contributed by atoms with van der Waals surface area (Å²) in [4.78, 5) is 35.8. The second-order valence-corrected chi connectivity index (χ2v) is 4.38. The van der Waals surface area contributed by atoms with Crippen molar-refractivity contribution in [3.63, 3.8) is 0 Å². The molecule has 0 aromatic heterocycles. The summed E-state index contributed by atoms with van der Waals surface area (Å²) in [5, 5.41) is 0. The molecule has 0 heterocycles. The summed E-state index contributed by atoms with van der Waals surface area (Å²) < 4.78 is 0. The van der Waals surface area contributed by atoms with Gasteiger partial charge in [-0.15, -0.1) is 0 Å².